The minimum absolute atomic E-state index is 0.0256. The molecule has 0 amide bonds. The predicted octanol–water partition coefficient (Wildman–Crippen LogP) is 0.760. The van der Waals surface area contributed by atoms with E-state index in [1.165, 1.54) is 6.07 Å². The summed E-state index contributed by atoms with van der Waals surface area (Å²) >= 11 is 0. The standard InChI is InChI=1S/C9H5FN2O3/c10-4-1-2-5-6(3-4)8(13)12-11-7(5)9(14)15/h1-3H,(H,12,13)(H,14,15). The van der Waals surface area contributed by atoms with Gasteiger partial charge in [-0.1, -0.05) is 0 Å². The van der Waals surface area contributed by atoms with Crippen LogP contribution in [0.5, 0.6) is 0 Å². The van der Waals surface area contributed by atoms with Gasteiger partial charge in [0.05, 0.1) is 5.39 Å². The van der Waals surface area contributed by atoms with E-state index < -0.39 is 17.3 Å². The molecule has 0 saturated heterocycles. The molecule has 1 aromatic carbocycles. The van der Waals surface area contributed by atoms with Crippen molar-refractivity contribution >= 4 is 16.7 Å². The van der Waals surface area contributed by atoms with Crippen LogP contribution in [0, 0.1) is 5.82 Å². The fraction of sp³-hybridized carbons (Fsp3) is 0. The van der Waals surface area contributed by atoms with Crippen LogP contribution in [-0.2, 0) is 0 Å². The molecule has 5 nitrogen and oxygen atoms in total. The molecule has 0 radical (unpaired) electrons. The van der Waals surface area contributed by atoms with E-state index in [2.05, 4.69) is 5.10 Å². The quantitative estimate of drug-likeness (QED) is 0.724. The van der Waals surface area contributed by atoms with Gasteiger partial charge in [0, 0.05) is 5.39 Å². The summed E-state index contributed by atoms with van der Waals surface area (Å²) < 4.78 is 12.8. The summed E-state index contributed by atoms with van der Waals surface area (Å²) in [7, 11) is 0. The minimum atomic E-state index is -1.28. The van der Waals surface area contributed by atoms with Gasteiger partial charge in [0.1, 0.15) is 5.82 Å². The van der Waals surface area contributed by atoms with Gasteiger partial charge in [-0.3, -0.25) is 4.79 Å². The molecule has 15 heavy (non-hydrogen) atoms. The maximum Gasteiger partial charge on any atom is 0.356 e. The molecule has 0 aliphatic rings. The van der Waals surface area contributed by atoms with Crippen molar-refractivity contribution in [3.8, 4) is 0 Å². The number of nitrogens with one attached hydrogen (secondary N) is 1. The Kier molecular flexibility index (Phi) is 1.96. The van der Waals surface area contributed by atoms with E-state index in [1.54, 1.807) is 0 Å². The second kappa shape index (κ2) is 3.16. The molecule has 2 N–H and O–H groups in total. The van der Waals surface area contributed by atoms with Crippen LogP contribution in [0.4, 0.5) is 4.39 Å². The van der Waals surface area contributed by atoms with Gasteiger partial charge in [-0.05, 0) is 18.2 Å². The number of halogens is 1. The number of aromatic carboxylic acids is 1. The highest BCUT2D eigenvalue weighted by atomic mass is 19.1. The van der Waals surface area contributed by atoms with Crippen molar-refractivity contribution in [3.05, 3.63) is 40.1 Å². The highest BCUT2D eigenvalue weighted by molar-refractivity contribution is 6.01. The molecule has 0 spiro atoms. The summed E-state index contributed by atoms with van der Waals surface area (Å²) in [6.07, 6.45) is 0. The van der Waals surface area contributed by atoms with E-state index in [-0.39, 0.29) is 16.5 Å². The predicted molar refractivity (Wildman–Crippen MR) is 49.3 cm³/mol. The average molecular weight is 208 g/mol. The van der Waals surface area contributed by atoms with Gasteiger partial charge < -0.3 is 5.11 Å². The maximum absolute atomic E-state index is 12.8. The number of aromatic nitrogens is 2. The second-order valence-corrected chi connectivity index (χ2v) is 2.90. The molecule has 6 heteroatoms. The van der Waals surface area contributed by atoms with Crippen molar-refractivity contribution < 1.29 is 14.3 Å². The largest absolute Gasteiger partial charge is 0.476 e. The highest BCUT2D eigenvalue weighted by Crippen LogP contribution is 2.14. The number of carboxylic acids is 1. The van der Waals surface area contributed by atoms with E-state index in [0.717, 1.165) is 12.1 Å². The molecule has 1 aromatic heterocycles. The zero-order chi connectivity index (χ0) is 11.0. The Labute approximate surface area is 82.2 Å². The molecule has 2 rings (SSSR count). The van der Waals surface area contributed by atoms with Crippen LogP contribution in [0.15, 0.2) is 23.0 Å². The Bertz CT molecular complexity index is 606. The number of rotatable bonds is 1. The third kappa shape index (κ3) is 1.45. The first-order chi connectivity index (χ1) is 7.09. The van der Waals surface area contributed by atoms with Gasteiger partial charge in [-0.2, -0.15) is 5.10 Å². The smallest absolute Gasteiger partial charge is 0.356 e. The number of hydrogen-bond donors (Lipinski definition) is 2. The number of benzene rings is 1. The van der Waals surface area contributed by atoms with E-state index in [9.17, 15) is 14.0 Å². The first-order valence-electron chi connectivity index (χ1n) is 4.01. The number of fused-ring (bicyclic) bond motifs is 1. The molecule has 0 aliphatic carbocycles. The summed E-state index contributed by atoms with van der Waals surface area (Å²) in [5.41, 5.74) is -0.917. The van der Waals surface area contributed by atoms with E-state index in [4.69, 9.17) is 5.11 Å². The third-order valence-corrected chi connectivity index (χ3v) is 1.95. The Morgan fingerprint density at radius 2 is 2.13 bits per heavy atom. The molecular weight excluding hydrogens is 203 g/mol. The lowest BCUT2D eigenvalue weighted by atomic mass is 10.1. The van der Waals surface area contributed by atoms with Gasteiger partial charge in [-0.15, -0.1) is 0 Å². The number of H-pyrrole nitrogens is 1. The summed E-state index contributed by atoms with van der Waals surface area (Å²) in [5.74, 6) is -1.88. The number of aromatic amines is 1. The lowest BCUT2D eigenvalue weighted by Crippen LogP contribution is -2.14. The Hall–Kier alpha value is -2.24. The van der Waals surface area contributed by atoms with Gasteiger partial charge in [0.2, 0.25) is 0 Å². The summed E-state index contributed by atoms with van der Waals surface area (Å²) in [5, 5.41) is 14.2. The SMILES string of the molecule is O=C(O)c1n[nH]c(=O)c2cc(F)ccc12. The van der Waals surface area contributed by atoms with Crippen LogP contribution >= 0.6 is 0 Å². The Morgan fingerprint density at radius 3 is 2.80 bits per heavy atom. The Balaban J connectivity index is 2.95. The number of carboxylic acid groups (broad SMARTS) is 1. The second-order valence-electron chi connectivity index (χ2n) is 2.90. The number of carbonyl (C=O) groups is 1. The van der Waals surface area contributed by atoms with Crippen LogP contribution in [-0.4, -0.2) is 21.3 Å². The van der Waals surface area contributed by atoms with Crippen LogP contribution in [0.1, 0.15) is 10.5 Å². The monoisotopic (exact) mass is 208 g/mol. The summed E-state index contributed by atoms with van der Waals surface area (Å²) in [6, 6.07) is 3.27. The Morgan fingerprint density at radius 1 is 1.40 bits per heavy atom. The van der Waals surface area contributed by atoms with Gasteiger partial charge in [0.15, 0.2) is 5.69 Å². The fourth-order valence-corrected chi connectivity index (χ4v) is 1.30. The van der Waals surface area contributed by atoms with Crippen LogP contribution in [0.2, 0.25) is 0 Å². The minimum Gasteiger partial charge on any atom is -0.476 e. The zero-order valence-corrected chi connectivity index (χ0v) is 7.32. The molecule has 0 fully saturated rings. The normalized spacial score (nSPS) is 10.5. The maximum atomic E-state index is 12.8. The van der Waals surface area contributed by atoms with Gasteiger partial charge >= 0.3 is 5.97 Å². The number of nitrogens with zero attached hydrogens (tertiary/aromatic N) is 1. The van der Waals surface area contributed by atoms with Crippen molar-refractivity contribution in [2.75, 3.05) is 0 Å². The first kappa shape index (κ1) is 9.32. The van der Waals surface area contributed by atoms with Gasteiger partial charge in [-0.25, -0.2) is 14.3 Å². The lowest BCUT2D eigenvalue weighted by Gasteiger charge is -1.99. The molecule has 0 bridgehead atoms. The van der Waals surface area contributed by atoms with Crippen molar-refractivity contribution in [2.45, 2.75) is 0 Å². The van der Waals surface area contributed by atoms with Crippen molar-refractivity contribution in [2.24, 2.45) is 0 Å². The molecule has 1 heterocycles. The van der Waals surface area contributed by atoms with Crippen LogP contribution in [0.25, 0.3) is 10.8 Å². The fourth-order valence-electron chi connectivity index (χ4n) is 1.30. The van der Waals surface area contributed by atoms with E-state index in [1.807, 2.05) is 5.10 Å². The van der Waals surface area contributed by atoms with E-state index >= 15 is 0 Å². The van der Waals surface area contributed by atoms with Crippen LogP contribution < -0.4 is 5.56 Å². The lowest BCUT2D eigenvalue weighted by molar-refractivity contribution is 0.0691. The van der Waals surface area contributed by atoms with Gasteiger partial charge in [0.25, 0.3) is 5.56 Å². The molecule has 0 saturated carbocycles. The summed E-state index contributed by atoms with van der Waals surface area (Å²) in [4.78, 5) is 22.0. The zero-order valence-electron chi connectivity index (χ0n) is 7.32. The first-order valence-corrected chi connectivity index (χ1v) is 4.01. The van der Waals surface area contributed by atoms with Crippen molar-refractivity contribution in [1.29, 1.82) is 0 Å². The molecule has 0 aliphatic heterocycles. The van der Waals surface area contributed by atoms with E-state index in [0.29, 0.717) is 0 Å². The topological polar surface area (TPSA) is 83.0 Å². The molecule has 2 aromatic rings. The molecule has 0 unspecified atom stereocenters. The van der Waals surface area contributed by atoms with Crippen molar-refractivity contribution in [1.82, 2.24) is 10.2 Å². The number of hydrogen-bond acceptors (Lipinski definition) is 3. The average Bonchev–Trinajstić information content (AvgIpc) is 2.19. The molecule has 0 atom stereocenters. The highest BCUT2D eigenvalue weighted by Gasteiger charge is 2.12. The summed E-state index contributed by atoms with van der Waals surface area (Å²) in [6.45, 7) is 0. The van der Waals surface area contributed by atoms with Crippen LogP contribution in [0.3, 0.4) is 0 Å². The molecular formula is C9H5FN2O3. The molecule has 76 valence electrons. The van der Waals surface area contributed by atoms with Crippen molar-refractivity contribution in [3.63, 3.8) is 0 Å². The third-order valence-electron chi connectivity index (χ3n) is 1.95.